The molecule has 0 aliphatic carbocycles. The van der Waals surface area contributed by atoms with E-state index in [-0.39, 0.29) is 0 Å². The average Bonchev–Trinajstić information content (AvgIpc) is 2.59. The number of fused-ring (bicyclic) bond motifs is 3. The minimum atomic E-state index is 0.729. The first-order valence-corrected chi connectivity index (χ1v) is 5.47. The number of hydrogen-bond acceptors (Lipinski definition) is 2. The van der Waals surface area contributed by atoms with E-state index >= 15 is 0 Å². The highest BCUT2D eigenvalue weighted by Gasteiger charge is 2.06. The van der Waals surface area contributed by atoms with Gasteiger partial charge in [0.15, 0.2) is 0 Å². The number of nitrogens with zero attached hydrogens (tertiary/aromatic N) is 2. The molecule has 70 valence electrons. The molecular weight excluding hydrogens is 216 g/mol. The van der Waals surface area contributed by atoms with E-state index < -0.39 is 0 Å². The van der Waals surface area contributed by atoms with Crippen molar-refractivity contribution >= 4 is 38.9 Å². The van der Waals surface area contributed by atoms with Crippen LogP contribution in [0.3, 0.4) is 0 Å². The molecule has 4 heteroatoms. The number of aromatic nitrogens is 2. The largest absolute Gasteiger partial charge is 0.291 e. The van der Waals surface area contributed by atoms with Gasteiger partial charge in [-0.3, -0.25) is 4.40 Å². The minimum absolute atomic E-state index is 0.729. The third kappa shape index (κ3) is 1.06. The highest BCUT2D eigenvalue weighted by atomic mass is 35.5. The predicted octanol–water partition coefficient (Wildman–Crippen LogP) is 3.51. The van der Waals surface area contributed by atoms with Crippen molar-refractivity contribution in [3.8, 4) is 0 Å². The van der Waals surface area contributed by atoms with Crippen molar-refractivity contribution in [2.45, 2.75) is 6.92 Å². The Hall–Kier alpha value is -1.06. The van der Waals surface area contributed by atoms with Gasteiger partial charge in [-0.1, -0.05) is 11.6 Å². The smallest absolute Gasteiger partial charge is 0.140 e. The molecule has 0 aliphatic rings. The number of imidazole rings is 1. The fourth-order valence-corrected chi connectivity index (χ4v) is 2.68. The Bertz CT molecular complexity index is 620. The van der Waals surface area contributed by atoms with E-state index in [0.29, 0.717) is 0 Å². The molecular formula is C10H7ClN2S. The summed E-state index contributed by atoms with van der Waals surface area (Å²) in [4.78, 5) is 6.96. The van der Waals surface area contributed by atoms with Crippen LogP contribution in [-0.2, 0) is 0 Å². The van der Waals surface area contributed by atoms with Crippen LogP contribution in [0.4, 0.5) is 0 Å². The second-order valence-electron chi connectivity index (χ2n) is 3.23. The van der Waals surface area contributed by atoms with Crippen molar-refractivity contribution in [2.75, 3.05) is 0 Å². The fourth-order valence-electron chi connectivity index (χ4n) is 1.59. The minimum Gasteiger partial charge on any atom is -0.291 e. The molecule has 0 N–H and O–H groups in total. The molecule has 0 bridgehead atoms. The van der Waals surface area contributed by atoms with Crippen LogP contribution in [-0.4, -0.2) is 9.38 Å². The van der Waals surface area contributed by atoms with Crippen molar-refractivity contribution < 1.29 is 0 Å². The van der Waals surface area contributed by atoms with E-state index in [4.69, 9.17) is 11.6 Å². The molecule has 0 radical (unpaired) electrons. The van der Waals surface area contributed by atoms with E-state index in [1.165, 1.54) is 9.71 Å². The Labute approximate surface area is 89.8 Å². The summed E-state index contributed by atoms with van der Waals surface area (Å²) in [5, 5.41) is 0.729. The first-order valence-electron chi connectivity index (χ1n) is 4.28. The Morgan fingerprint density at radius 1 is 1.43 bits per heavy atom. The summed E-state index contributed by atoms with van der Waals surface area (Å²) in [7, 11) is 0. The molecule has 3 rings (SSSR count). The number of thiophene rings is 1. The zero-order valence-corrected chi connectivity index (χ0v) is 9.06. The highest BCUT2D eigenvalue weighted by Crippen LogP contribution is 2.26. The summed E-state index contributed by atoms with van der Waals surface area (Å²) in [6.07, 6.45) is 1.96. The zero-order valence-electron chi connectivity index (χ0n) is 7.49. The molecule has 0 amide bonds. The van der Waals surface area contributed by atoms with E-state index in [9.17, 15) is 0 Å². The second-order valence-corrected chi connectivity index (χ2v) is 4.90. The Balaban J connectivity index is 2.52. The van der Waals surface area contributed by atoms with Gasteiger partial charge in [0.05, 0.1) is 0 Å². The Kier molecular flexibility index (Phi) is 1.60. The van der Waals surface area contributed by atoms with Gasteiger partial charge >= 0.3 is 0 Å². The fraction of sp³-hybridized carbons (Fsp3) is 0.100. The van der Waals surface area contributed by atoms with Crippen LogP contribution in [0.5, 0.6) is 0 Å². The van der Waals surface area contributed by atoms with Crippen LogP contribution >= 0.6 is 22.9 Å². The van der Waals surface area contributed by atoms with Crippen molar-refractivity contribution in [3.05, 3.63) is 34.3 Å². The van der Waals surface area contributed by atoms with Gasteiger partial charge in [-0.2, -0.15) is 0 Å². The summed E-state index contributed by atoms with van der Waals surface area (Å²) in [5.41, 5.74) is 1.97. The van der Waals surface area contributed by atoms with Crippen molar-refractivity contribution in [1.82, 2.24) is 9.38 Å². The van der Waals surface area contributed by atoms with E-state index in [1.807, 2.05) is 18.3 Å². The van der Waals surface area contributed by atoms with Crippen LogP contribution in [0.2, 0.25) is 5.02 Å². The van der Waals surface area contributed by atoms with Gasteiger partial charge in [-0.05, 0) is 19.1 Å². The lowest BCUT2D eigenvalue weighted by atomic mass is 10.5. The van der Waals surface area contributed by atoms with Gasteiger partial charge in [-0.15, -0.1) is 11.3 Å². The number of pyridine rings is 1. The monoisotopic (exact) mass is 222 g/mol. The lowest BCUT2D eigenvalue weighted by molar-refractivity contribution is 1.24. The van der Waals surface area contributed by atoms with Crippen LogP contribution in [0, 0.1) is 6.92 Å². The molecule has 3 heterocycles. The first-order chi connectivity index (χ1) is 6.74. The molecule has 0 aliphatic heterocycles. The number of rotatable bonds is 0. The van der Waals surface area contributed by atoms with E-state index in [0.717, 1.165) is 16.2 Å². The van der Waals surface area contributed by atoms with Crippen LogP contribution in [0.15, 0.2) is 24.4 Å². The van der Waals surface area contributed by atoms with Crippen LogP contribution < -0.4 is 0 Å². The molecule has 3 aromatic rings. The van der Waals surface area contributed by atoms with Gasteiger partial charge < -0.3 is 0 Å². The molecule has 3 aromatic heterocycles. The number of halogens is 1. The molecule has 2 nitrogen and oxygen atoms in total. The van der Waals surface area contributed by atoms with Gasteiger partial charge in [0.2, 0.25) is 0 Å². The molecule has 14 heavy (non-hydrogen) atoms. The SMILES string of the molecule is Cc1cc2nc3cc(Cl)ccn3c2s1. The molecule has 0 spiro atoms. The average molecular weight is 223 g/mol. The summed E-state index contributed by atoms with van der Waals surface area (Å²) in [5.74, 6) is 0. The summed E-state index contributed by atoms with van der Waals surface area (Å²) >= 11 is 7.65. The third-order valence-corrected chi connectivity index (χ3v) is 3.44. The predicted molar refractivity (Wildman–Crippen MR) is 60.3 cm³/mol. The molecule has 0 aromatic carbocycles. The zero-order chi connectivity index (χ0) is 9.71. The topological polar surface area (TPSA) is 17.3 Å². The molecule has 0 saturated carbocycles. The van der Waals surface area contributed by atoms with Gasteiger partial charge in [0.25, 0.3) is 0 Å². The maximum Gasteiger partial charge on any atom is 0.140 e. The van der Waals surface area contributed by atoms with Gasteiger partial charge in [0.1, 0.15) is 16.0 Å². The summed E-state index contributed by atoms with van der Waals surface area (Å²) in [6.45, 7) is 2.09. The lowest BCUT2D eigenvalue weighted by Gasteiger charge is -1.93. The first kappa shape index (κ1) is 8.26. The van der Waals surface area contributed by atoms with Crippen molar-refractivity contribution in [1.29, 1.82) is 0 Å². The van der Waals surface area contributed by atoms with E-state index in [1.54, 1.807) is 11.3 Å². The third-order valence-electron chi connectivity index (χ3n) is 2.17. The second kappa shape index (κ2) is 2.72. The quantitative estimate of drug-likeness (QED) is 0.569. The van der Waals surface area contributed by atoms with Crippen LogP contribution in [0.25, 0.3) is 16.0 Å². The van der Waals surface area contributed by atoms with Crippen LogP contribution in [0.1, 0.15) is 4.88 Å². The van der Waals surface area contributed by atoms with Crippen molar-refractivity contribution in [2.24, 2.45) is 0 Å². The maximum atomic E-state index is 5.89. The Morgan fingerprint density at radius 2 is 2.29 bits per heavy atom. The number of hydrogen-bond donors (Lipinski definition) is 0. The van der Waals surface area contributed by atoms with Crippen molar-refractivity contribution in [3.63, 3.8) is 0 Å². The molecule has 0 saturated heterocycles. The lowest BCUT2D eigenvalue weighted by Crippen LogP contribution is -1.80. The number of aryl methyl sites for hydroxylation is 1. The van der Waals surface area contributed by atoms with E-state index in [2.05, 4.69) is 22.4 Å². The molecule has 0 unspecified atom stereocenters. The maximum absolute atomic E-state index is 5.89. The van der Waals surface area contributed by atoms with Gasteiger partial charge in [-0.25, -0.2) is 4.98 Å². The normalized spacial score (nSPS) is 11.6. The highest BCUT2D eigenvalue weighted by molar-refractivity contribution is 7.18. The molecule has 0 atom stereocenters. The Morgan fingerprint density at radius 3 is 3.14 bits per heavy atom. The standard InChI is InChI=1S/C10H7ClN2S/c1-6-4-8-10(14-6)13-3-2-7(11)5-9(13)12-8/h2-5H,1H3. The molecule has 0 fully saturated rings. The van der Waals surface area contributed by atoms with Gasteiger partial charge in [0, 0.05) is 22.2 Å². The summed E-state index contributed by atoms with van der Waals surface area (Å²) in [6, 6.07) is 5.86. The summed E-state index contributed by atoms with van der Waals surface area (Å²) < 4.78 is 2.07.